The highest BCUT2D eigenvalue weighted by Crippen LogP contribution is 2.22. The van der Waals surface area contributed by atoms with Gasteiger partial charge >= 0.3 is 0 Å². The van der Waals surface area contributed by atoms with Gasteiger partial charge in [0.2, 0.25) is 70.9 Å². The molecule has 0 unspecified atom stereocenters. The molecule has 0 aliphatic carbocycles. The predicted molar refractivity (Wildman–Crippen MR) is 401 cm³/mol. The number of para-hydroxylation sites is 1. The van der Waals surface area contributed by atoms with E-state index in [0.717, 1.165) is 10.9 Å². The maximum Gasteiger partial charge on any atom is 0.246 e. The van der Waals surface area contributed by atoms with Crippen LogP contribution in [0.25, 0.3) is 10.9 Å². The van der Waals surface area contributed by atoms with Crippen molar-refractivity contribution in [3.8, 4) is 5.75 Å². The maximum absolute atomic E-state index is 14.9. The first-order chi connectivity index (χ1) is 50.0. The van der Waals surface area contributed by atoms with Gasteiger partial charge in [-0.3, -0.25) is 62.5 Å². The minimum atomic E-state index is -1.89. The molecule has 0 radical (unpaired) electrons. The molecule has 12 amide bonds. The zero-order valence-corrected chi connectivity index (χ0v) is 61.8. The summed E-state index contributed by atoms with van der Waals surface area (Å²) in [6, 6.07) is 9.69. The summed E-state index contributed by atoms with van der Waals surface area (Å²) in [5.74, 6) is -10.8. The number of rotatable bonds is 46. The molecule has 32 heteroatoms. The van der Waals surface area contributed by atoms with E-state index in [1.165, 1.54) is 64.1 Å². The van der Waals surface area contributed by atoms with E-state index >= 15 is 0 Å². The lowest BCUT2D eigenvalue weighted by Gasteiger charge is -2.33. The number of fused-ring (bicyclic) bond motifs is 1. The molecule has 1 aromatic heterocycles. The van der Waals surface area contributed by atoms with Crippen molar-refractivity contribution in [3.63, 3.8) is 0 Å². The number of benzene rings is 3. The lowest BCUT2D eigenvalue weighted by atomic mass is 9.93. The Kier molecular flexibility index (Phi) is 35.5. The molecule has 32 nitrogen and oxygen atoms in total. The smallest absolute Gasteiger partial charge is 0.246 e. The number of carbonyl (C=O) groups is 12. The minimum Gasteiger partial charge on any atom is -0.508 e. The number of aromatic amines is 1. The van der Waals surface area contributed by atoms with Crippen molar-refractivity contribution in [3.05, 3.63) is 127 Å². The summed E-state index contributed by atoms with van der Waals surface area (Å²) in [7, 11) is 0. The van der Waals surface area contributed by atoms with Crippen molar-refractivity contribution in [1.82, 2.24) is 63.5 Å². The molecule has 0 saturated heterocycles. The molecule has 0 aliphatic rings. The Morgan fingerprint density at radius 2 is 1.02 bits per heavy atom. The van der Waals surface area contributed by atoms with Crippen LogP contribution in [0.2, 0.25) is 0 Å². The molecule has 106 heavy (non-hydrogen) atoms. The first kappa shape index (κ1) is 87.7. The molecule has 0 fully saturated rings. The Bertz CT molecular complexity index is 3690. The zero-order valence-electron chi connectivity index (χ0n) is 61.8. The summed E-state index contributed by atoms with van der Waals surface area (Å²) < 4.78 is 0. The number of guanidine groups is 1. The quantitative estimate of drug-likeness (QED) is 0.0112. The highest BCUT2D eigenvalue weighted by Gasteiger charge is 2.42. The standard InChI is InChI=1S/C74H110N18O14/c1-11-31-73(9,70(105)82-41-59(95)84-52(26-20-34-80-72(78)79)63(98)86-54(61(77)96)39-48-40-81-51-24-17-16-23-50(48)51)91-67(102)56(36-43(5)6)88-64(99)53(25-18-19-33-75)85-65(100)55(35-42(3)4)90-71(106)74(10,32-12-2)92-68(103)58(37-46-21-14-13-15-22-46)89-66(101)57(38-47-27-29-49(94)30-28-47)87-62(97)44(7)83-69(104)60(76)45(8)93/h11-17,21-24,27-30,40,42-45,52-58,60,81,93-94H,1-2,18-20,25-26,31-39,41,75-76H2,3-10H3,(H2,77,96)(H,82,105)(H,83,104)(H,84,95)(H,85,100)(H,86,98)(H,87,97)(H,88,99)(H,89,101)(H,90,106)(H,91,102)(H,92,103)(H4,78,79,80)/t44-,45+,52-,53-,54-,55-,56-,57-,58-,60-,73-,74-/m0/s1. The van der Waals surface area contributed by atoms with E-state index in [9.17, 15) is 67.7 Å². The molecule has 4 rings (SSSR count). The number of H-pyrrole nitrogens is 1. The summed E-state index contributed by atoms with van der Waals surface area (Å²) in [6.07, 6.45) is 3.42. The number of aromatic hydroxyl groups is 1. The van der Waals surface area contributed by atoms with Gasteiger partial charge in [-0.25, -0.2) is 0 Å². The van der Waals surface area contributed by atoms with E-state index in [0.29, 0.717) is 29.5 Å². The van der Waals surface area contributed by atoms with Gasteiger partial charge in [-0.15, -0.1) is 13.2 Å². The number of aliphatic imine (C=N–C) groups is 1. The van der Waals surface area contributed by atoms with Gasteiger partial charge < -0.3 is 102 Å². The Labute approximate surface area is 618 Å². The fourth-order valence-corrected chi connectivity index (χ4v) is 11.4. The third-order valence-electron chi connectivity index (χ3n) is 17.4. The molecule has 24 N–H and O–H groups in total. The third kappa shape index (κ3) is 28.7. The number of nitrogens with one attached hydrogen (secondary N) is 12. The second kappa shape index (κ2) is 42.9. The number of carbonyl (C=O) groups excluding carboxylic acids is 12. The number of aliphatic hydroxyl groups is 1. The van der Waals surface area contributed by atoms with Crippen LogP contribution < -0.4 is 87.2 Å². The van der Waals surface area contributed by atoms with Crippen LogP contribution in [0.4, 0.5) is 0 Å². The fraction of sp³-hybridized carbons (Fsp3) is 0.500. The van der Waals surface area contributed by atoms with Crippen LogP contribution in [0.3, 0.4) is 0 Å². The van der Waals surface area contributed by atoms with Crippen molar-refractivity contribution in [2.75, 3.05) is 19.6 Å². The van der Waals surface area contributed by atoms with Crippen LogP contribution >= 0.6 is 0 Å². The summed E-state index contributed by atoms with van der Waals surface area (Å²) >= 11 is 0. The molecule has 0 bridgehead atoms. The Hall–Kier alpha value is -10.7. The second-order valence-electron chi connectivity index (χ2n) is 27.8. The van der Waals surface area contributed by atoms with Crippen LogP contribution in [0, 0.1) is 11.8 Å². The molecule has 1 heterocycles. The minimum absolute atomic E-state index is 0.00774. The summed E-state index contributed by atoms with van der Waals surface area (Å²) in [6.45, 7) is 19.8. The first-order valence-corrected chi connectivity index (χ1v) is 35.5. The topological polar surface area (TPSA) is 536 Å². The predicted octanol–water partition coefficient (Wildman–Crippen LogP) is -0.714. The summed E-state index contributed by atoms with van der Waals surface area (Å²) in [5, 5.41) is 50.1. The molecule has 580 valence electrons. The average Bonchev–Trinajstić information content (AvgIpc) is 1.34. The number of phenols is 1. The molecular formula is C74H110N18O14. The van der Waals surface area contributed by atoms with E-state index < -0.39 is 149 Å². The van der Waals surface area contributed by atoms with Crippen molar-refractivity contribution < 1.29 is 67.7 Å². The van der Waals surface area contributed by atoms with Gasteiger partial charge in [-0.1, -0.05) is 101 Å². The first-order valence-electron chi connectivity index (χ1n) is 35.5. The van der Waals surface area contributed by atoms with E-state index in [1.807, 2.05) is 24.3 Å². The van der Waals surface area contributed by atoms with Gasteiger partial charge in [-0.05, 0) is 139 Å². The van der Waals surface area contributed by atoms with Crippen LogP contribution in [-0.2, 0) is 76.8 Å². The number of nitrogens with zero attached hydrogens (tertiary/aromatic N) is 1. The number of phenolic OH excluding ortho intramolecular Hbond substituents is 1. The zero-order chi connectivity index (χ0) is 79.0. The molecule has 0 aliphatic heterocycles. The summed E-state index contributed by atoms with van der Waals surface area (Å²) in [4.78, 5) is 176. The Balaban J connectivity index is 1.56. The van der Waals surface area contributed by atoms with Gasteiger partial charge in [0.25, 0.3) is 0 Å². The third-order valence-corrected chi connectivity index (χ3v) is 17.4. The van der Waals surface area contributed by atoms with E-state index in [-0.39, 0.29) is 101 Å². The SMILES string of the molecule is C=CC[C@](C)(NC(=O)[C@H](CC(C)C)NC(=O)[C@H](CCCCN)NC(=O)[C@H](CC(C)C)NC(=O)[C@](C)(CC=C)NC(=O)[C@H](Cc1ccccc1)NC(=O)[C@H](Cc1ccc(O)cc1)NC(=O)[C@H](C)NC(=O)[C@@H](N)[C@@H](C)O)C(=O)NCC(=O)N[C@@H](CCCN=C(N)N)C(=O)N[C@@H](Cc1c[nH]c2ccccc12)C(N)=O. The van der Waals surface area contributed by atoms with Gasteiger partial charge in [0.1, 0.15) is 71.2 Å². The van der Waals surface area contributed by atoms with Gasteiger partial charge in [0.05, 0.1) is 12.6 Å². The lowest BCUT2D eigenvalue weighted by molar-refractivity contribution is -0.138. The Morgan fingerprint density at radius 1 is 0.538 bits per heavy atom. The van der Waals surface area contributed by atoms with E-state index in [1.54, 1.807) is 64.2 Å². The second-order valence-corrected chi connectivity index (χ2v) is 27.8. The van der Waals surface area contributed by atoms with Crippen molar-refractivity contribution in [2.24, 2.45) is 45.5 Å². The van der Waals surface area contributed by atoms with E-state index in [2.05, 4.69) is 81.6 Å². The number of nitrogens with two attached hydrogens (primary N) is 5. The number of amides is 12. The molecule has 12 atom stereocenters. The van der Waals surface area contributed by atoms with Gasteiger partial charge in [0, 0.05) is 42.9 Å². The maximum atomic E-state index is 14.9. The molecule has 0 saturated carbocycles. The molecule has 0 spiro atoms. The number of hydrogen-bond acceptors (Lipinski definition) is 17. The normalized spacial score (nSPS) is 15.2. The molecule has 4 aromatic rings. The average molecular weight is 1480 g/mol. The number of unbranched alkanes of at least 4 members (excludes halogenated alkanes) is 1. The van der Waals surface area contributed by atoms with Crippen molar-refractivity contribution in [2.45, 2.75) is 204 Å². The number of primary amides is 1. The van der Waals surface area contributed by atoms with Crippen molar-refractivity contribution >= 4 is 87.7 Å². The number of aliphatic hydroxyl groups excluding tert-OH is 1. The Morgan fingerprint density at radius 3 is 1.58 bits per heavy atom. The summed E-state index contributed by atoms with van der Waals surface area (Å²) in [5.41, 5.74) is 27.3. The lowest BCUT2D eigenvalue weighted by Crippen LogP contribution is -2.64. The highest BCUT2D eigenvalue weighted by molar-refractivity contribution is 6.01. The van der Waals surface area contributed by atoms with Crippen LogP contribution in [0.1, 0.15) is 130 Å². The number of hydrogen-bond donors (Lipinski definition) is 19. The van der Waals surface area contributed by atoms with Crippen LogP contribution in [0.5, 0.6) is 5.75 Å². The van der Waals surface area contributed by atoms with Crippen LogP contribution in [0.15, 0.2) is 115 Å². The fourth-order valence-electron chi connectivity index (χ4n) is 11.4. The number of aromatic nitrogens is 1. The van der Waals surface area contributed by atoms with Gasteiger partial charge in [-0.2, -0.15) is 0 Å². The van der Waals surface area contributed by atoms with Crippen molar-refractivity contribution in [1.29, 1.82) is 0 Å². The monoisotopic (exact) mass is 1470 g/mol. The van der Waals surface area contributed by atoms with E-state index in [4.69, 9.17) is 28.7 Å². The largest absolute Gasteiger partial charge is 0.508 e. The van der Waals surface area contributed by atoms with Gasteiger partial charge in [0.15, 0.2) is 5.96 Å². The molecule has 3 aromatic carbocycles. The molecular weight excluding hydrogens is 1360 g/mol. The van der Waals surface area contributed by atoms with Crippen LogP contribution in [-0.4, -0.2) is 183 Å². The highest BCUT2D eigenvalue weighted by atomic mass is 16.3.